The molecule has 1 fully saturated rings. The van der Waals surface area contributed by atoms with Crippen LogP contribution in [0.2, 0.25) is 0 Å². The SMILES string of the molecule is CC(=O)Oc1ccc(OC(C)=O)c(/C=C/c2ccc(OC(=O)CCCCC3CCSS3)cc2)c1. The molecule has 0 radical (unpaired) electrons. The summed E-state index contributed by atoms with van der Waals surface area (Å²) < 4.78 is 15.8. The first-order chi connectivity index (χ1) is 16.4. The molecule has 2 aromatic rings. The molecule has 0 bridgehead atoms. The van der Waals surface area contributed by atoms with Gasteiger partial charge in [-0.15, -0.1) is 0 Å². The molecular formula is C26H28O6S2. The van der Waals surface area contributed by atoms with Crippen molar-refractivity contribution in [3.8, 4) is 17.2 Å². The highest BCUT2D eigenvalue weighted by Crippen LogP contribution is 2.39. The van der Waals surface area contributed by atoms with Crippen molar-refractivity contribution in [1.29, 1.82) is 0 Å². The third kappa shape index (κ3) is 8.91. The zero-order valence-electron chi connectivity index (χ0n) is 19.3. The number of rotatable bonds is 10. The second kappa shape index (κ2) is 13.2. The lowest BCUT2D eigenvalue weighted by atomic mass is 10.1. The summed E-state index contributed by atoms with van der Waals surface area (Å²) in [5, 5.41) is 0.732. The molecule has 180 valence electrons. The van der Waals surface area contributed by atoms with Gasteiger partial charge < -0.3 is 14.2 Å². The minimum absolute atomic E-state index is 0.218. The predicted octanol–water partition coefficient (Wildman–Crippen LogP) is 6.33. The van der Waals surface area contributed by atoms with Crippen LogP contribution >= 0.6 is 21.6 Å². The second-order valence-electron chi connectivity index (χ2n) is 7.84. The Morgan fingerprint density at radius 1 is 0.912 bits per heavy atom. The molecule has 1 heterocycles. The van der Waals surface area contributed by atoms with Gasteiger partial charge in [0.2, 0.25) is 0 Å². The molecule has 0 aromatic heterocycles. The molecule has 34 heavy (non-hydrogen) atoms. The fourth-order valence-corrected chi connectivity index (χ4v) is 6.38. The van der Waals surface area contributed by atoms with Crippen LogP contribution in [0, 0.1) is 0 Å². The highest BCUT2D eigenvalue weighted by Gasteiger charge is 2.16. The summed E-state index contributed by atoms with van der Waals surface area (Å²) in [6.45, 7) is 2.64. The van der Waals surface area contributed by atoms with Crippen molar-refractivity contribution in [2.75, 3.05) is 5.75 Å². The van der Waals surface area contributed by atoms with Crippen molar-refractivity contribution in [3.63, 3.8) is 0 Å². The van der Waals surface area contributed by atoms with Gasteiger partial charge in [0.15, 0.2) is 0 Å². The van der Waals surface area contributed by atoms with E-state index in [1.165, 1.54) is 26.0 Å². The summed E-state index contributed by atoms with van der Waals surface area (Å²) in [7, 11) is 3.91. The first kappa shape index (κ1) is 25.9. The molecule has 0 N–H and O–H groups in total. The lowest BCUT2D eigenvalue weighted by Gasteiger charge is -2.08. The summed E-state index contributed by atoms with van der Waals surface area (Å²) >= 11 is 0. The van der Waals surface area contributed by atoms with Gasteiger partial charge in [-0.3, -0.25) is 14.4 Å². The summed E-state index contributed by atoms with van der Waals surface area (Å²) in [5.74, 6) is 1.34. The Bertz CT molecular complexity index is 1030. The van der Waals surface area contributed by atoms with Crippen LogP contribution in [0.15, 0.2) is 42.5 Å². The van der Waals surface area contributed by atoms with Crippen LogP contribution in [0.4, 0.5) is 0 Å². The molecule has 0 saturated carbocycles. The van der Waals surface area contributed by atoms with Crippen LogP contribution in [0.1, 0.15) is 57.1 Å². The molecule has 6 nitrogen and oxygen atoms in total. The number of ether oxygens (including phenoxy) is 3. The number of carbonyl (C=O) groups excluding carboxylic acids is 3. The molecule has 2 aromatic carbocycles. The van der Waals surface area contributed by atoms with Crippen molar-refractivity contribution in [2.24, 2.45) is 0 Å². The average Bonchev–Trinajstić information content (AvgIpc) is 3.31. The van der Waals surface area contributed by atoms with E-state index in [0.717, 1.165) is 30.1 Å². The largest absolute Gasteiger partial charge is 0.427 e. The molecule has 1 unspecified atom stereocenters. The van der Waals surface area contributed by atoms with Crippen molar-refractivity contribution in [2.45, 2.75) is 51.2 Å². The zero-order valence-corrected chi connectivity index (χ0v) is 20.9. The number of esters is 3. The van der Waals surface area contributed by atoms with Crippen LogP contribution in [-0.4, -0.2) is 28.9 Å². The topological polar surface area (TPSA) is 78.9 Å². The molecule has 0 spiro atoms. The Morgan fingerprint density at radius 2 is 1.65 bits per heavy atom. The molecule has 8 heteroatoms. The van der Waals surface area contributed by atoms with Gasteiger partial charge in [-0.25, -0.2) is 0 Å². The van der Waals surface area contributed by atoms with Gasteiger partial charge in [-0.2, -0.15) is 0 Å². The monoisotopic (exact) mass is 500 g/mol. The first-order valence-corrected chi connectivity index (χ1v) is 13.6. The highest BCUT2D eigenvalue weighted by molar-refractivity contribution is 8.77. The maximum Gasteiger partial charge on any atom is 0.311 e. The van der Waals surface area contributed by atoms with E-state index >= 15 is 0 Å². The van der Waals surface area contributed by atoms with Gasteiger partial charge in [0, 0.05) is 36.8 Å². The molecule has 1 aliphatic heterocycles. The van der Waals surface area contributed by atoms with Gasteiger partial charge in [0.05, 0.1) is 0 Å². The van der Waals surface area contributed by atoms with Crippen LogP contribution in [0.3, 0.4) is 0 Å². The quantitative estimate of drug-likeness (QED) is 0.123. The minimum Gasteiger partial charge on any atom is -0.427 e. The number of hydrogen-bond acceptors (Lipinski definition) is 8. The van der Waals surface area contributed by atoms with E-state index in [1.807, 2.05) is 39.8 Å². The van der Waals surface area contributed by atoms with E-state index in [-0.39, 0.29) is 5.97 Å². The Balaban J connectivity index is 1.54. The maximum absolute atomic E-state index is 12.1. The molecule has 0 amide bonds. The van der Waals surface area contributed by atoms with Crippen molar-refractivity contribution < 1.29 is 28.6 Å². The minimum atomic E-state index is -0.447. The fourth-order valence-electron chi connectivity index (χ4n) is 3.36. The fraction of sp³-hybridized carbons (Fsp3) is 0.346. The standard InChI is InChI=1S/C26H28O6S2/c1-18(27)30-23-13-14-25(31-19(2)28)21(17-23)10-7-20-8-11-22(12-9-20)32-26(29)6-4-3-5-24-15-16-33-34-24/h7-14,17,24H,3-6,15-16H2,1-2H3/b10-7+. The third-order valence-corrected chi connectivity index (χ3v) is 7.95. The predicted molar refractivity (Wildman–Crippen MR) is 137 cm³/mol. The van der Waals surface area contributed by atoms with E-state index in [9.17, 15) is 14.4 Å². The molecule has 1 aliphatic rings. The van der Waals surface area contributed by atoms with E-state index in [0.29, 0.717) is 29.2 Å². The zero-order chi connectivity index (χ0) is 24.3. The Kier molecular flexibility index (Phi) is 10.1. The van der Waals surface area contributed by atoms with Crippen LogP contribution in [0.25, 0.3) is 12.2 Å². The summed E-state index contributed by atoms with van der Waals surface area (Å²) in [5.41, 5.74) is 1.44. The average molecular weight is 501 g/mol. The Labute approximate surface area is 207 Å². The van der Waals surface area contributed by atoms with Gasteiger partial charge in [0.1, 0.15) is 17.2 Å². The Morgan fingerprint density at radius 3 is 2.32 bits per heavy atom. The van der Waals surface area contributed by atoms with Gasteiger partial charge in [-0.05, 0) is 55.2 Å². The summed E-state index contributed by atoms with van der Waals surface area (Å²) in [4.78, 5) is 34.8. The summed E-state index contributed by atoms with van der Waals surface area (Å²) in [6.07, 6.45) is 8.32. The van der Waals surface area contributed by atoms with Gasteiger partial charge in [0.25, 0.3) is 0 Å². The molecule has 0 aliphatic carbocycles. The smallest absolute Gasteiger partial charge is 0.311 e. The number of benzene rings is 2. The van der Waals surface area contributed by atoms with Crippen molar-refractivity contribution >= 4 is 51.6 Å². The second-order valence-corrected chi connectivity index (χ2v) is 10.6. The van der Waals surface area contributed by atoms with E-state index < -0.39 is 11.9 Å². The third-order valence-electron chi connectivity index (χ3n) is 4.95. The first-order valence-electron chi connectivity index (χ1n) is 11.2. The van der Waals surface area contributed by atoms with Crippen LogP contribution < -0.4 is 14.2 Å². The van der Waals surface area contributed by atoms with Crippen molar-refractivity contribution in [3.05, 3.63) is 53.6 Å². The van der Waals surface area contributed by atoms with E-state index in [4.69, 9.17) is 14.2 Å². The van der Waals surface area contributed by atoms with Crippen LogP contribution in [-0.2, 0) is 14.4 Å². The lowest BCUT2D eigenvalue weighted by molar-refractivity contribution is -0.134. The number of hydrogen-bond donors (Lipinski definition) is 0. The molecular weight excluding hydrogens is 472 g/mol. The molecule has 1 atom stereocenters. The van der Waals surface area contributed by atoms with Crippen molar-refractivity contribution in [1.82, 2.24) is 0 Å². The molecule has 3 rings (SSSR count). The van der Waals surface area contributed by atoms with E-state index in [1.54, 1.807) is 36.4 Å². The lowest BCUT2D eigenvalue weighted by Crippen LogP contribution is -2.08. The van der Waals surface area contributed by atoms with Gasteiger partial charge >= 0.3 is 17.9 Å². The maximum atomic E-state index is 12.1. The van der Waals surface area contributed by atoms with E-state index in [2.05, 4.69) is 0 Å². The Hall–Kier alpha value is -2.71. The van der Waals surface area contributed by atoms with Crippen LogP contribution in [0.5, 0.6) is 17.2 Å². The normalized spacial score (nSPS) is 15.3. The molecule has 1 saturated heterocycles. The number of unbranched alkanes of at least 4 members (excludes halogenated alkanes) is 1. The number of carbonyl (C=O) groups is 3. The highest BCUT2D eigenvalue weighted by atomic mass is 33.1. The van der Waals surface area contributed by atoms with Gasteiger partial charge in [-0.1, -0.05) is 52.3 Å². The summed E-state index contributed by atoms with van der Waals surface area (Å²) in [6, 6.07) is 11.9.